The standard InChI is InChI=1S/C19H13Cl2N3O2S/c20-12-6-7-15(21)11(8-12)9-16-18(26)24(13-4-2-1-3-5-13)19(27-16)14(10-22)17(23)25/h1-8,16H,9H2,(H2,23,25)/b19-14-/t16-/m0/s1. The van der Waals surface area contributed by atoms with Gasteiger partial charge in [-0.05, 0) is 42.3 Å². The van der Waals surface area contributed by atoms with E-state index in [4.69, 9.17) is 28.9 Å². The van der Waals surface area contributed by atoms with Gasteiger partial charge in [0.05, 0.1) is 5.25 Å². The molecule has 2 amide bonds. The van der Waals surface area contributed by atoms with E-state index in [0.717, 1.165) is 11.8 Å². The minimum absolute atomic E-state index is 0.226. The number of anilines is 1. The molecule has 0 radical (unpaired) electrons. The summed E-state index contributed by atoms with van der Waals surface area (Å²) in [5.41, 5.74) is 6.36. The van der Waals surface area contributed by atoms with Gasteiger partial charge in [0.25, 0.3) is 5.91 Å². The third-order valence-electron chi connectivity index (χ3n) is 3.95. The average Bonchev–Trinajstić information content (AvgIpc) is 2.95. The SMILES string of the molecule is N#C/C(C(N)=O)=C1/S[C@@H](Cc2cc(Cl)ccc2Cl)C(=O)N1c1ccccc1. The second kappa shape index (κ2) is 8.05. The van der Waals surface area contributed by atoms with Crippen molar-refractivity contribution in [2.45, 2.75) is 11.7 Å². The number of carbonyl (C=O) groups excluding carboxylic acids is 2. The maximum atomic E-state index is 13.1. The fraction of sp³-hybridized carbons (Fsp3) is 0.105. The first kappa shape index (κ1) is 19.3. The van der Waals surface area contributed by atoms with E-state index in [0.29, 0.717) is 27.7 Å². The van der Waals surface area contributed by atoms with Crippen molar-refractivity contribution in [3.05, 3.63) is 74.7 Å². The lowest BCUT2D eigenvalue weighted by atomic mass is 10.1. The first-order chi connectivity index (χ1) is 12.9. The zero-order chi connectivity index (χ0) is 19.6. The number of hydrogen-bond donors (Lipinski definition) is 1. The molecule has 1 aliphatic rings. The molecule has 2 aromatic carbocycles. The summed E-state index contributed by atoms with van der Waals surface area (Å²) in [4.78, 5) is 26.2. The average molecular weight is 418 g/mol. The fourth-order valence-electron chi connectivity index (χ4n) is 2.71. The number of nitrogens with zero attached hydrogens (tertiary/aromatic N) is 2. The molecule has 27 heavy (non-hydrogen) atoms. The van der Waals surface area contributed by atoms with E-state index in [1.807, 2.05) is 12.1 Å². The second-order valence-corrected chi connectivity index (χ2v) is 7.75. The van der Waals surface area contributed by atoms with Crippen molar-refractivity contribution in [1.82, 2.24) is 0 Å². The van der Waals surface area contributed by atoms with E-state index >= 15 is 0 Å². The molecule has 1 fully saturated rings. The van der Waals surface area contributed by atoms with Crippen molar-refractivity contribution in [3.8, 4) is 6.07 Å². The van der Waals surface area contributed by atoms with Gasteiger partial charge in [0.15, 0.2) is 0 Å². The van der Waals surface area contributed by atoms with Crippen molar-refractivity contribution in [3.63, 3.8) is 0 Å². The summed E-state index contributed by atoms with van der Waals surface area (Å²) in [6, 6.07) is 15.6. The normalized spacial score (nSPS) is 18.3. The van der Waals surface area contributed by atoms with Crippen LogP contribution in [0.3, 0.4) is 0 Å². The number of hydrogen-bond acceptors (Lipinski definition) is 4. The number of halogens is 2. The van der Waals surface area contributed by atoms with Gasteiger partial charge in [-0.15, -0.1) is 0 Å². The van der Waals surface area contributed by atoms with Gasteiger partial charge >= 0.3 is 0 Å². The summed E-state index contributed by atoms with van der Waals surface area (Å²) in [5.74, 6) is -1.14. The lowest BCUT2D eigenvalue weighted by Crippen LogP contribution is -2.31. The number of carbonyl (C=O) groups is 2. The second-order valence-electron chi connectivity index (χ2n) is 5.71. The van der Waals surface area contributed by atoms with Crippen LogP contribution in [0.25, 0.3) is 0 Å². The molecular weight excluding hydrogens is 405 g/mol. The predicted octanol–water partition coefficient (Wildman–Crippen LogP) is 3.90. The third kappa shape index (κ3) is 3.96. The Balaban J connectivity index is 2.04. The summed E-state index contributed by atoms with van der Waals surface area (Å²) in [5, 5.41) is 10.0. The number of amides is 2. The van der Waals surface area contributed by atoms with Crippen LogP contribution >= 0.6 is 35.0 Å². The lowest BCUT2D eigenvalue weighted by Gasteiger charge is -2.18. The molecule has 2 aromatic rings. The highest BCUT2D eigenvalue weighted by Gasteiger charge is 2.40. The van der Waals surface area contributed by atoms with Crippen molar-refractivity contribution in [2.24, 2.45) is 5.73 Å². The van der Waals surface area contributed by atoms with Crippen LogP contribution in [0.15, 0.2) is 59.1 Å². The fourth-order valence-corrected chi connectivity index (χ4v) is 4.40. The molecule has 2 N–H and O–H groups in total. The maximum absolute atomic E-state index is 13.1. The van der Waals surface area contributed by atoms with E-state index < -0.39 is 11.2 Å². The molecule has 1 heterocycles. The molecule has 136 valence electrons. The summed E-state index contributed by atoms with van der Waals surface area (Å²) in [7, 11) is 0. The topological polar surface area (TPSA) is 87.2 Å². The smallest absolute Gasteiger partial charge is 0.262 e. The number of rotatable bonds is 4. The first-order valence-corrected chi connectivity index (χ1v) is 9.49. The van der Waals surface area contributed by atoms with Crippen LogP contribution in [-0.4, -0.2) is 17.1 Å². The van der Waals surface area contributed by atoms with Gasteiger partial charge in [-0.1, -0.05) is 53.2 Å². The number of benzene rings is 2. The maximum Gasteiger partial charge on any atom is 0.262 e. The van der Waals surface area contributed by atoms with Crippen LogP contribution in [-0.2, 0) is 16.0 Å². The molecule has 1 saturated heterocycles. The summed E-state index contributed by atoms with van der Waals surface area (Å²) in [6.45, 7) is 0. The van der Waals surface area contributed by atoms with Crippen molar-refractivity contribution < 1.29 is 9.59 Å². The molecule has 0 unspecified atom stereocenters. The Morgan fingerprint density at radius 2 is 1.93 bits per heavy atom. The number of para-hydroxylation sites is 1. The van der Waals surface area contributed by atoms with E-state index in [-0.39, 0.29) is 16.5 Å². The molecule has 0 aromatic heterocycles. The highest BCUT2D eigenvalue weighted by atomic mass is 35.5. The van der Waals surface area contributed by atoms with E-state index in [9.17, 15) is 14.9 Å². The molecule has 3 rings (SSSR count). The van der Waals surface area contributed by atoms with Crippen LogP contribution in [0.5, 0.6) is 0 Å². The Labute approximate surface area is 170 Å². The minimum Gasteiger partial charge on any atom is -0.365 e. The number of nitrogens with two attached hydrogens (primary N) is 1. The van der Waals surface area contributed by atoms with Gasteiger partial charge in [0.1, 0.15) is 16.7 Å². The van der Waals surface area contributed by atoms with Gasteiger partial charge < -0.3 is 5.73 Å². The number of nitriles is 1. The Hall–Kier alpha value is -2.46. The van der Waals surface area contributed by atoms with Crippen LogP contribution in [0.1, 0.15) is 5.56 Å². The molecule has 0 spiro atoms. The van der Waals surface area contributed by atoms with Crippen molar-refractivity contribution in [1.29, 1.82) is 5.26 Å². The molecule has 8 heteroatoms. The summed E-state index contributed by atoms with van der Waals surface area (Å²) < 4.78 is 0. The van der Waals surface area contributed by atoms with E-state index in [2.05, 4.69) is 0 Å². The Kier molecular flexibility index (Phi) is 5.76. The zero-order valence-corrected chi connectivity index (χ0v) is 16.2. The molecule has 1 atom stereocenters. The van der Waals surface area contributed by atoms with Crippen LogP contribution in [0, 0.1) is 11.3 Å². The lowest BCUT2D eigenvalue weighted by molar-refractivity contribution is -0.117. The predicted molar refractivity (Wildman–Crippen MR) is 107 cm³/mol. The highest BCUT2D eigenvalue weighted by molar-refractivity contribution is 8.05. The molecule has 0 bridgehead atoms. The molecule has 5 nitrogen and oxygen atoms in total. The van der Waals surface area contributed by atoms with E-state index in [1.165, 1.54) is 4.90 Å². The number of thioether (sulfide) groups is 1. The quantitative estimate of drug-likeness (QED) is 0.603. The molecule has 0 aliphatic carbocycles. The molecular formula is C19H13Cl2N3O2S. The highest BCUT2D eigenvalue weighted by Crippen LogP contribution is 2.42. The monoisotopic (exact) mass is 417 g/mol. The Morgan fingerprint density at radius 3 is 2.56 bits per heavy atom. The van der Waals surface area contributed by atoms with Crippen LogP contribution in [0.2, 0.25) is 10.0 Å². The number of primary amides is 1. The van der Waals surface area contributed by atoms with Gasteiger partial charge in [0.2, 0.25) is 5.91 Å². The zero-order valence-electron chi connectivity index (χ0n) is 13.9. The van der Waals surface area contributed by atoms with Gasteiger partial charge in [-0.25, -0.2) is 0 Å². The summed E-state index contributed by atoms with van der Waals surface area (Å²) in [6.07, 6.45) is 0.299. The summed E-state index contributed by atoms with van der Waals surface area (Å²) >= 11 is 13.4. The van der Waals surface area contributed by atoms with Crippen LogP contribution < -0.4 is 10.6 Å². The first-order valence-electron chi connectivity index (χ1n) is 7.86. The van der Waals surface area contributed by atoms with Gasteiger partial charge in [0, 0.05) is 15.7 Å². The van der Waals surface area contributed by atoms with Crippen LogP contribution in [0.4, 0.5) is 5.69 Å². The van der Waals surface area contributed by atoms with Gasteiger partial charge in [-0.2, -0.15) is 5.26 Å². The Bertz CT molecular complexity index is 986. The van der Waals surface area contributed by atoms with E-state index in [1.54, 1.807) is 42.5 Å². The van der Waals surface area contributed by atoms with Crippen molar-refractivity contribution in [2.75, 3.05) is 4.90 Å². The largest absolute Gasteiger partial charge is 0.365 e. The van der Waals surface area contributed by atoms with Gasteiger partial charge in [-0.3, -0.25) is 14.5 Å². The molecule has 0 saturated carbocycles. The minimum atomic E-state index is -0.879. The Morgan fingerprint density at radius 1 is 1.22 bits per heavy atom. The molecule has 1 aliphatic heterocycles. The third-order valence-corrected chi connectivity index (χ3v) is 5.82. The van der Waals surface area contributed by atoms with Crippen molar-refractivity contribution >= 4 is 52.5 Å².